The van der Waals surface area contributed by atoms with Crippen molar-refractivity contribution in [1.29, 1.82) is 0 Å². The van der Waals surface area contributed by atoms with Crippen LogP contribution in [0, 0.1) is 12.3 Å². The molecule has 0 bridgehead atoms. The molecule has 0 radical (unpaired) electrons. The topological polar surface area (TPSA) is 78.8 Å². The highest BCUT2D eigenvalue weighted by Crippen LogP contribution is 2.39. The molecule has 41 heavy (non-hydrogen) atoms. The lowest BCUT2D eigenvalue weighted by Gasteiger charge is -2.27. The monoisotopic (exact) mass is 551 g/mol. The first kappa shape index (κ1) is 28.2. The molecule has 1 aliphatic heterocycles. The van der Waals surface area contributed by atoms with Crippen LogP contribution < -0.4 is 15.4 Å². The second-order valence-electron chi connectivity index (χ2n) is 11.3. The van der Waals surface area contributed by atoms with Crippen LogP contribution in [0.4, 0.5) is 11.4 Å². The van der Waals surface area contributed by atoms with Crippen LogP contribution >= 0.6 is 0 Å². The van der Waals surface area contributed by atoms with E-state index in [0.29, 0.717) is 38.1 Å². The first-order valence-electron chi connectivity index (χ1n) is 14.0. The van der Waals surface area contributed by atoms with Gasteiger partial charge in [0, 0.05) is 63.7 Å². The van der Waals surface area contributed by atoms with Crippen molar-refractivity contribution in [3.8, 4) is 0 Å². The average Bonchev–Trinajstić information content (AvgIpc) is 3.02. The standard InChI is InChI=1S/C33H37N5O3/c1-6-38-28-12-11-24(19-29(28)35(5)31(40)33(3,4)32(38)41)21-36(22-26-13-15-34-20-23(26)2)17-18-37-16-14-25-9-7-8-10-27(25)30(37)39/h7-16,19-20H,6,17-18,21-22H2,1-5H3. The van der Waals surface area contributed by atoms with E-state index in [9.17, 15) is 14.4 Å². The van der Waals surface area contributed by atoms with Crippen molar-refractivity contribution >= 4 is 34.0 Å². The Hall–Kier alpha value is -4.30. The van der Waals surface area contributed by atoms with Gasteiger partial charge in [-0.2, -0.15) is 0 Å². The lowest BCUT2D eigenvalue weighted by atomic mass is 9.90. The summed E-state index contributed by atoms with van der Waals surface area (Å²) >= 11 is 0. The third-order valence-electron chi connectivity index (χ3n) is 8.11. The number of fused-ring (bicyclic) bond motifs is 2. The Morgan fingerprint density at radius 2 is 1.71 bits per heavy atom. The molecule has 0 N–H and O–H groups in total. The summed E-state index contributed by atoms with van der Waals surface area (Å²) in [7, 11) is 1.74. The van der Waals surface area contributed by atoms with Crippen molar-refractivity contribution < 1.29 is 9.59 Å². The molecule has 2 amide bonds. The third-order valence-corrected chi connectivity index (χ3v) is 8.11. The van der Waals surface area contributed by atoms with Gasteiger partial charge >= 0.3 is 0 Å². The van der Waals surface area contributed by atoms with E-state index in [1.54, 1.807) is 41.5 Å². The maximum absolute atomic E-state index is 13.3. The molecule has 0 fully saturated rings. The van der Waals surface area contributed by atoms with Gasteiger partial charge in [0.25, 0.3) is 5.56 Å². The molecule has 1 aliphatic rings. The van der Waals surface area contributed by atoms with Gasteiger partial charge in [-0.05, 0) is 80.1 Å². The molecule has 3 heterocycles. The summed E-state index contributed by atoms with van der Waals surface area (Å²) < 4.78 is 1.77. The Morgan fingerprint density at radius 1 is 0.927 bits per heavy atom. The molecular weight excluding hydrogens is 514 g/mol. The van der Waals surface area contributed by atoms with E-state index in [2.05, 4.69) is 16.8 Å². The lowest BCUT2D eigenvalue weighted by Crippen LogP contribution is -2.47. The van der Waals surface area contributed by atoms with Crippen molar-refractivity contribution in [2.75, 3.05) is 29.9 Å². The van der Waals surface area contributed by atoms with Crippen LogP contribution in [-0.2, 0) is 29.2 Å². The molecule has 212 valence electrons. The van der Waals surface area contributed by atoms with Gasteiger partial charge in [0.2, 0.25) is 11.8 Å². The van der Waals surface area contributed by atoms with Gasteiger partial charge in [0.15, 0.2) is 0 Å². The number of pyridine rings is 2. The Labute approximate surface area is 240 Å². The Kier molecular flexibility index (Phi) is 7.78. The number of aromatic nitrogens is 2. The minimum Gasteiger partial charge on any atom is -0.314 e. The van der Waals surface area contributed by atoms with Crippen molar-refractivity contribution in [2.45, 2.75) is 47.3 Å². The van der Waals surface area contributed by atoms with Crippen LogP contribution in [0.15, 0.2) is 78.0 Å². The summed E-state index contributed by atoms with van der Waals surface area (Å²) in [5.74, 6) is -0.421. The molecule has 0 unspecified atom stereocenters. The first-order valence-corrected chi connectivity index (χ1v) is 14.0. The van der Waals surface area contributed by atoms with Gasteiger partial charge in [-0.15, -0.1) is 0 Å². The van der Waals surface area contributed by atoms with Gasteiger partial charge in [0.05, 0.1) is 11.4 Å². The fourth-order valence-corrected chi connectivity index (χ4v) is 5.59. The minimum atomic E-state index is -1.15. The highest BCUT2D eigenvalue weighted by molar-refractivity contribution is 6.19. The van der Waals surface area contributed by atoms with E-state index in [1.807, 2.05) is 73.9 Å². The van der Waals surface area contributed by atoms with Gasteiger partial charge in [-0.3, -0.25) is 24.3 Å². The predicted octanol–water partition coefficient (Wildman–Crippen LogP) is 4.76. The Bertz CT molecular complexity index is 1680. The number of nitrogens with zero attached hydrogens (tertiary/aromatic N) is 5. The fourth-order valence-electron chi connectivity index (χ4n) is 5.59. The molecule has 5 rings (SSSR count). The number of benzene rings is 2. The fraction of sp³-hybridized carbons (Fsp3) is 0.333. The largest absolute Gasteiger partial charge is 0.314 e. The number of anilines is 2. The van der Waals surface area contributed by atoms with Crippen LogP contribution in [0.3, 0.4) is 0 Å². The van der Waals surface area contributed by atoms with Gasteiger partial charge in [-0.25, -0.2) is 0 Å². The number of aryl methyl sites for hydroxylation is 1. The van der Waals surface area contributed by atoms with Crippen LogP contribution in [0.25, 0.3) is 10.8 Å². The molecule has 0 spiro atoms. The van der Waals surface area contributed by atoms with E-state index in [0.717, 1.165) is 33.5 Å². The summed E-state index contributed by atoms with van der Waals surface area (Å²) in [5, 5.41) is 1.65. The molecule has 0 saturated carbocycles. The highest BCUT2D eigenvalue weighted by Gasteiger charge is 2.45. The smallest absolute Gasteiger partial charge is 0.258 e. The molecule has 2 aromatic carbocycles. The predicted molar refractivity (Wildman–Crippen MR) is 163 cm³/mol. The summed E-state index contributed by atoms with van der Waals surface area (Å²) in [6.07, 6.45) is 5.53. The number of amides is 2. The summed E-state index contributed by atoms with van der Waals surface area (Å²) in [5.41, 5.74) is 3.59. The van der Waals surface area contributed by atoms with Crippen LogP contribution in [0.1, 0.15) is 37.5 Å². The zero-order chi connectivity index (χ0) is 29.3. The summed E-state index contributed by atoms with van der Waals surface area (Å²) in [4.78, 5) is 49.6. The van der Waals surface area contributed by atoms with E-state index < -0.39 is 5.41 Å². The quantitative estimate of drug-likeness (QED) is 0.295. The molecular formula is C33H37N5O3. The zero-order valence-electron chi connectivity index (χ0n) is 24.4. The van der Waals surface area contributed by atoms with Gasteiger partial charge in [0.1, 0.15) is 5.41 Å². The number of carbonyl (C=O) groups excluding carboxylic acids is 2. The Morgan fingerprint density at radius 3 is 2.46 bits per heavy atom. The van der Waals surface area contributed by atoms with Gasteiger partial charge < -0.3 is 14.4 Å². The molecule has 8 heteroatoms. The van der Waals surface area contributed by atoms with Crippen LogP contribution in [0.5, 0.6) is 0 Å². The van der Waals surface area contributed by atoms with Crippen molar-refractivity contribution in [3.05, 3.63) is 100 Å². The van der Waals surface area contributed by atoms with Crippen molar-refractivity contribution in [3.63, 3.8) is 0 Å². The summed E-state index contributed by atoms with van der Waals surface area (Å²) in [6, 6.07) is 17.6. The molecule has 8 nitrogen and oxygen atoms in total. The number of rotatable bonds is 8. The van der Waals surface area contributed by atoms with E-state index >= 15 is 0 Å². The molecule has 2 aromatic heterocycles. The Balaban J connectivity index is 1.46. The second kappa shape index (κ2) is 11.3. The lowest BCUT2D eigenvalue weighted by molar-refractivity contribution is -0.137. The molecule has 4 aromatic rings. The average molecular weight is 552 g/mol. The maximum atomic E-state index is 13.3. The third kappa shape index (κ3) is 5.39. The van der Waals surface area contributed by atoms with Crippen molar-refractivity contribution in [1.82, 2.24) is 14.5 Å². The van der Waals surface area contributed by atoms with Crippen LogP contribution in [-0.4, -0.2) is 46.4 Å². The zero-order valence-corrected chi connectivity index (χ0v) is 24.4. The van der Waals surface area contributed by atoms with Crippen LogP contribution in [0.2, 0.25) is 0 Å². The van der Waals surface area contributed by atoms with E-state index in [1.165, 1.54) is 0 Å². The number of carbonyl (C=O) groups is 2. The molecule has 0 atom stereocenters. The summed E-state index contributed by atoms with van der Waals surface area (Å²) in [6.45, 7) is 10.3. The molecule has 0 aliphatic carbocycles. The van der Waals surface area contributed by atoms with Gasteiger partial charge in [-0.1, -0.05) is 24.3 Å². The highest BCUT2D eigenvalue weighted by atomic mass is 16.2. The maximum Gasteiger partial charge on any atom is 0.258 e. The normalized spacial score (nSPS) is 15.0. The van der Waals surface area contributed by atoms with Crippen molar-refractivity contribution in [2.24, 2.45) is 5.41 Å². The minimum absolute atomic E-state index is 0.000230. The molecule has 0 saturated heterocycles. The van der Waals surface area contributed by atoms with E-state index in [4.69, 9.17) is 0 Å². The SMILES string of the molecule is CCN1C(=O)C(C)(C)C(=O)N(C)c2cc(CN(CCn3ccc4ccccc4c3=O)Cc3ccncc3C)ccc21. The number of hydrogen-bond donors (Lipinski definition) is 0. The van der Waals surface area contributed by atoms with E-state index in [-0.39, 0.29) is 17.4 Å². The first-order chi connectivity index (χ1) is 19.6. The second-order valence-corrected chi connectivity index (χ2v) is 11.3. The number of hydrogen-bond acceptors (Lipinski definition) is 5.